The summed E-state index contributed by atoms with van der Waals surface area (Å²) in [5, 5.41) is 0. The van der Waals surface area contributed by atoms with Crippen LogP contribution >= 0.6 is 0 Å². The SMILES string of the molecule is COC(=O)CC1CCCC(C(C)CN)C1. The molecule has 3 atom stereocenters. The Hall–Kier alpha value is -0.570. The molecule has 3 heteroatoms. The number of nitrogens with two attached hydrogens (primary N) is 1. The fourth-order valence-electron chi connectivity index (χ4n) is 2.55. The molecule has 0 aliphatic heterocycles. The molecule has 1 saturated carbocycles. The Bertz CT molecular complexity index is 206. The van der Waals surface area contributed by atoms with Gasteiger partial charge < -0.3 is 10.5 Å². The molecule has 0 aromatic heterocycles. The van der Waals surface area contributed by atoms with Crippen molar-refractivity contribution < 1.29 is 9.53 Å². The van der Waals surface area contributed by atoms with Crippen LogP contribution in [-0.2, 0) is 9.53 Å². The molecule has 1 aliphatic carbocycles. The van der Waals surface area contributed by atoms with Gasteiger partial charge in [0.1, 0.15) is 0 Å². The molecule has 3 unspecified atom stereocenters. The predicted molar refractivity (Wildman–Crippen MR) is 60.3 cm³/mol. The largest absolute Gasteiger partial charge is 0.469 e. The molecule has 0 aromatic carbocycles. The van der Waals surface area contributed by atoms with Gasteiger partial charge in [-0.15, -0.1) is 0 Å². The second kappa shape index (κ2) is 6.11. The Labute approximate surface area is 92.4 Å². The molecule has 15 heavy (non-hydrogen) atoms. The van der Waals surface area contributed by atoms with Gasteiger partial charge in [-0.05, 0) is 37.1 Å². The first kappa shape index (κ1) is 12.5. The number of hydrogen-bond donors (Lipinski definition) is 1. The fourth-order valence-corrected chi connectivity index (χ4v) is 2.55. The lowest BCUT2D eigenvalue weighted by Gasteiger charge is -2.32. The normalized spacial score (nSPS) is 28.5. The molecule has 0 saturated heterocycles. The van der Waals surface area contributed by atoms with Gasteiger partial charge in [-0.3, -0.25) is 4.79 Å². The number of carbonyl (C=O) groups excluding carboxylic acids is 1. The summed E-state index contributed by atoms with van der Waals surface area (Å²) in [4.78, 5) is 11.2. The van der Waals surface area contributed by atoms with Crippen molar-refractivity contribution in [3.8, 4) is 0 Å². The van der Waals surface area contributed by atoms with Gasteiger partial charge in [-0.2, -0.15) is 0 Å². The molecular weight excluding hydrogens is 190 g/mol. The lowest BCUT2D eigenvalue weighted by atomic mass is 9.74. The molecule has 1 aliphatic rings. The van der Waals surface area contributed by atoms with Gasteiger partial charge in [0, 0.05) is 6.42 Å². The van der Waals surface area contributed by atoms with E-state index >= 15 is 0 Å². The molecule has 0 spiro atoms. The van der Waals surface area contributed by atoms with E-state index in [0.717, 1.165) is 13.0 Å². The third-order valence-corrected chi connectivity index (χ3v) is 3.68. The van der Waals surface area contributed by atoms with E-state index in [9.17, 15) is 4.79 Å². The summed E-state index contributed by atoms with van der Waals surface area (Å²) in [6.45, 7) is 2.97. The third-order valence-electron chi connectivity index (χ3n) is 3.68. The molecule has 3 nitrogen and oxygen atoms in total. The smallest absolute Gasteiger partial charge is 0.305 e. The zero-order valence-electron chi connectivity index (χ0n) is 9.87. The molecule has 2 N–H and O–H groups in total. The van der Waals surface area contributed by atoms with Crippen molar-refractivity contribution in [2.75, 3.05) is 13.7 Å². The Morgan fingerprint density at radius 1 is 1.53 bits per heavy atom. The average Bonchev–Trinajstić information content (AvgIpc) is 2.28. The van der Waals surface area contributed by atoms with E-state index in [2.05, 4.69) is 6.92 Å². The zero-order chi connectivity index (χ0) is 11.3. The van der Waals surface area contributed by atoms with Crippen LogP contribution < -0.4 is 5.73 Å². The van der Waals surface area contributed by atoms with E-state index < -0.39 is 0 Å². The first-order valence-electron chi connectivity index (χ1n) is 5.94. The van der Waals surface area contributed by atoms with Crippen LogP contribution in [0.4, 0.5) is 0 Å². The Morgan fingerprint density at radius 2 is 2.27 bits per heavy atom. The van der Waals surface area contributed by atoms with Gasteiger partial charge in [0.15, 0.2) is 0 Å². The molecule has 1 fully saturated rings. The molecule has 0 bridgehead atoms. The summed E-state index contributed by atoms with van der Waals surface area (Å²) < 4.78 is 4.71. The fraction of sp³-hybridized carbons (Fsp3) is 0.917. The van der Waals surface area contributed by atoms with Crippen LogP contribution in [0.15, 0.2) is 0 Å². The van der Waals surface area contributed by atoms with E-state index in [0.29, 0.717) is 24.2 Å². The van der Waals surface area contributed by atoms with Gasteiger partial charge in [-0.25, -0.2) is 0 Å². The standard InChI is InChI=1S/C12H23NO2/c1-9(8-13)11-5-3-4-10(6-11)7-12(14)15-2/h9-11H,3-8,13H2,1-2H3. The van der Waals surface area contributed by atoms with Crippen LogP contribution in [0.1, 0.15) is 39.0 Å². The van der Waals surface area contributed by atoms with Crippen molar-refractivity contribution in [1.82, 2.24) is 0 Å². The second-order valence-corrected chi connectivity index (χ2v) is 4.79. The first-order chi connectivity index (χ1) is 7.17. The highest BCUT2D eigenvalue weighted by Gasteiger charge is 2.26. The molecule has 0 aromatic rings. The number of carbonyl (C=O) groups is 1. The zero-order valence-corrected chi connectivity index (χ0v) is 9.87. The third kappa shape index (κ3) is 3.82. The lowest BCUT2D eigenvalue weighted by Crippen LogP contribution is -2.27. The van der Waals surface area contributed by atoms with E-state index in [-0.39, 0.29) is 5.97 Å². The minimum Gasteiger partial charge on any atom is -0.469 e. The van der Waals surface area contributed by atoms with Crippen LogP contribution in [0.2, 0.25) is 0 Å². The predicted octanol–water partition coefficient (Wildman–Crippen LogP) is 1.95. The number of ether oxygens (including phenoxy) is 1. The Kier molecular flexibility index (Phi) is 5.09. The van der Waals surface area contributed by atoms with Crippen LogP contribution in [0.5, 0.6) is 0 Å². The van der Waals surface area contributed by atoms with Gasteiger partial charge >= 0.3 is 5.97 Å². The minimum atomic E-state index is -0.0685. The van der Waals surface area contributed by atoms with Crippen molar-refractivity contribution in [3.05, 3.63) is 0 Å². The van der Waals surface area contributed by atoms with Crippen LogP contribution in [0, 0.1) is 17.8 Å². The Balaban J connectivity index is 2.38. The summed E-state index contributed by atoms with van der Waals surface area (Å²) in [5.74, 6) is 1.75. The summed E-state index contributed by atoms with van der Waals surface area (Å²) >= 11 is 0. The number of methoxy groups -OCH3 is 1. The molecule has 0 amide bonds. The van der Waals surface area contributed by atoms with Crippen molar-refractivity contribution >= 4 is 5.97 Å². The maximum absolute atomic E-state index is 11.2. The van der Waals surface area contributed by atoms with Crippen LogP contribution in [0.25, 0.3) is 0 Å². The highest BCUT2D eigenvalue weighted by atomic mass is 16.5. The first-order valence-corrected chi connectivity index (χ1v) is 5.94. The van der Waals surface area contributed by atoms with E-state index in [4.69, 9.17) is 10.5 Å². The van der Waals surface area contributed by atoms with E-state index in [1.165, 1.54) is 26.4 Å². The highest BCUT2D eigenvalue weighted by molar-refractivity contribution is 5.69. The molecule has 0 radical (unpaired) electrons. The lowest BCUT2D eigenvalue weighted by molar-refractivity contribution is -0.142. The van der Waals surface area contributed by atoms with Gasteiger partial charge in [0.05, 0.1) is 7.11 Å². The maximum Gasteiger partial charge on any atom is 0.305 e. The van der Waals surface area contributed by atoms with Gasteiger partial charge in [0.2, 0.25) is 0 Å². The molecule has 0 heterocycles. The minimum absolute atomic E-state index is 0.0685. The van der Waals surface area contributed by atoms with Crippen molar-refractivity contribution in [2.45, 2.75) is 39.0 Å². The van der Waals surface area contributed by atoms with Crippen LogP contribution in [-0.4, -0.2) is 19.6 Å². The second-order valence-electron chi connectivity index (χ2n) is 4.79. The van der Waals surface area contributed by atoms with Crippen molar-refractivity contribution in [1.29, 1.82) is 0 Å². The summed E-state index contributed by atoms with van der Waals surface area (Å²) in [6, 6.07) is 0. The van der Waals surface area contributed by atoms with Gasteiger partial charge in [-0.1, -0.05) is 19.8 Å². The van der Waals surface area contributed by atoms with E-state index in [1.807, 2.05) is 0 Å². The van der Waals surface area contributed by atoms with Crippen molar-refractivity contribution in [2.24, 2.45) is 23.5 Å². The summed E-state index contributed by atoms with van der Waals surface area (Å²) in [5.41, 5.74) is 5.68. The molecule has 1 rings (SSSR count). The highest BCUT2D eigenvalue weighted by Crippen LogP contribution is 2.35. The van der Waals surface area contributed by atoms with Gasteiger partial charge in [0.25, 0.3) is 0 Å². The maximum atomic E-state index is 11.2. The monoisotopic (exact) mass is 213 g/mol. The van der Waals surface area contributed by atoms with E-state index in [1.54, 1.807) is 0 Å². The number of esters is 1. The van der Waals surface area contributed by atoms with Crippen LogP contribution in [0.3, 0.4) is 0 Å². The Morgan fingerprint density at radius 3 is 2.87 bits per heavy atom. The quantitative estimate of drug-likeness (QED) is 0.726. The molecular formula is C12H23NO2. The summed E-state index contributed by atoms with van der Waals surface area (Å²) in [6.07, 6.45) is 5.41. The average molecular weight is 213 g/mol. The number of rotatable bonds is 4. The topological polar surface area (TPSA) is 52.3 Å². The van der Waals surface area contributed by atoms with Crippen molar-refractivity contribution in [3.63, 3.8) is 0 Å². The number of hydrogen-bond acceptors (Lipinski definition) is 3. The summed E-state index contributed by atoms with van der Waals surface area (Å²) in [7, 11) is 1.46. The molecule has 88 valence electrons.